The zero-order valence-corrected chi connectivity index (χ0v) is 24.8. The van der Waals surface area contributed by atoms with E-state index in [-0.39, 0.29) is 5.69 Å². The molecule has 0 fully saturated rings. The van der Waals surface area contributed by atoms with Gasteiger partial charge >= 0.3 is 0 Å². The van der Waals surface area contributed by atoms with E-state index in [1.165, 1.54) is 12.1 Å². The van der Waals surface area contributed by atoms with Gasteiger partial charge in [0.15, 0.2) is 0 Å². The lowest BCUT2D eigenvalue weighted by molar-refractivity contribution is -0.385. The van der Waals surface area contributed by atoms with Gasteiger partial charge in [0.25, 0.3) is 5.69 Å². The summed E-state index contributed by atoms with van der Waals surface area (Å²) in [6.07, 6.45) is 3.40. The number of anilines is 1. The van der Waals surface area contributed by atoms with Crippen molar-refractivity contribution >= 4 is 54.9 Å². The van der Waals surface area contributed by atoms with Crippen molar-refractivity contribution < 1.29 is 4.92 Å². The topological polar surface area (TPSA) is 182 Å². The minimum atomic E-state index is -0.686. The Hall–Kier alpha value is -4.04. The van der Waals surface area contributed by atoms with Crippen molar-refractivity contribution in [3.63, 3.8) is 0 Å². The van der Waals surface area contributed by atoms with Gasteiger partial charge in [0, 0.05) is 17.8 Å². The van der Waals surface area contributed by atoms with Gasteiger partial charge in [0.2, 0.25) is 0 Å². The van der Waals surface area contributed by atoms with Crippen LogP contribution in [-0.4, -0.2) is 36.2 Å². The molecule has 0 aliphatic carbocycles. The van der Waals surface area contributed by atoms with Gasteiger partial charge in [-0.05, 0) is 69.0 Å². The van der Waals surface area contributed by atoms with Gasteiger partial charge in [-0.1, -0.05) is 24.3 Å². The van der Waals surface area contributed by atoms with E-state index >= 15 is 0 Å². The van der Waals surface area contributed by atoms with Gasteiger partial charge < -0.3 is 17.2 Å². The Kier molecular flexibility index (Phi) is 7.00. The molecule has 2 unspecified atom stereocenters. The fourth-order valence-electron chi connectivity index (χ4n) is 4.91. The van der Waals surface area contributed by atoms with Crippen LogP contribution in [0.4, 0.5) is 11.4 Å². The number of rotatable bonds is 3. The molecular formula is C26H26Br2N10O2. The molecule has 6 N–H and O–H groups in total. The monoisotopic (exact) mass is 668 g/mol. The van der Waals surface area contributed by atoms with Crippen molar-refractivity contribution in [2.24, 2.45) is 21.5 Å². The average Bonchev–Trinajstić information content (AvgIpc) is 3.46. The first-order valence-electron chi connectivity index (χ1n) is 12.2. The Morgan fingerprint density at radius 2 is 1.30 bits per heavy atom. The van der Waals surface area contributed by atoms with Crippen LogP contribution in [0.2, 0.25) is 0 Å². The van der Waals surface area contributed by atoms with E-state index in [0.717, 1.165) is 37.1 Å². The molecule has 2 aromatic carbocycles. The SMILES string of the molecule is CC1(c2cccc(N)c2)Cn2ncc(Br)c2C(N)=N1.CC1(c2cccc([N+](=O)[O-])c2)Cn2ncc(Br)c2C(N)=N1. The summed E-state index contributed by atoms with van der Waals surface area (Å²) in [6, 6.07) is 14.2. The number of nitro groups is 1. The fraction of sp³-hybridized carbons (Fsp3) is 0.231. The minimum absolute atomic E-state index is 0.0370. The maximum absolute atomic E-state index is 10.9. The van der Waals surface area contributed by atoms with Crippen molar-refractivity contribution in [1.82, 2.24) is 19.6 Å². The number of fused-ring (bicyclic) bond motifs is 2. The molecule has 2 aromatic heterocycles. The summed E-state index contributed by atoms with van der Waals surface area (Å²) in [7, 11) is 0. The molecule has 0 saturated carbocycles. The summed E-state index contributed by atoms with van der Waals surface area (Å²) < 4.78 is 5.27. The Morgan fingerprint density at radius 3 is 1.77 bits per heavy atom. The van der Waals surface area contributed by atoms with E-state index in [9.17, 15) is 10.1 Å². The molecule has 0 bridgehead atoms. The van der Waals surface area contributed by atoms with Crippen LogP contribution >= 0.6 is 31.9 Å². The lowest BCUT2D eigenvalue weighted by Crippen LogP contribution is -2.37. The fourth-order valence-corrected chi connectivity index (χ4v) is 5.90. The zero-order chi connectivity index (χ0) is 28.8. The van der Waals surface area contributed by atoms with Crippen LogP contribution in [0.3, 0.4) is 0 Å². The largest absolute Gasteiger partial charge is 0.399 e. The third kappa shape index (κ3) is 4.99. The van der Waals surface area contributed by atoms with Gasteiger partial charge in [-0.15, -0.1) is 0 Å². The number of non-ortho nitro benzene ring substituents is 1. The number of nitrogens with zero attached hydrogens (tertiary/aromatic N) is 7. The molecule has 2 aliphatic rings. The summed E-state index contributed by atoms with van der Waals surface area (Å²) in [5.74, 6) is 0.847. The summed E-state index contributed by atoms with van der Waals surface area (Å²) in [5.41, 5.74) is 20.9. The highest BCUT2D eigenvalue weighted by Crippen LogP contribution is 2.35. The van der Waals surface area contributed by atoms with Crippen molar-refractivity contribution in [2.75, 3.05) is 5.73 Å². The first-order chi connectivity index (χ1) is 18.9. The summed E-state index contributed by atoms with van der Waals surface area (Å²) in [4.78, 5) is 19.7. The Morgan fingerprint density at radius 1 is 0.825 bits per heavy atom. The smallest absolute Gasteiger partial charge is 0.269 e. The number of benzene rings is 2. The third-order valence-corrected chi connectivity index (χ3v) is 8.07. The standard InChI is InChI=1S/C13H12BrN5O2.C13H14BrN5/c1-13(8-3-2-4-9(5-8)19(20)21)7-18-11(12(15)17-13)10(14)6-16-18;1-13(8-3-2-4-9(15)5-8)7-19-11(12(16)18-13)10(14)6-17-19/h2-6H,7H2,1H3,(H2,15,17);2-6H,7,15H2,1H3,(H2,16,18). The molecule has 206 valence electrons. The normalized spacial score (nSPS) is 21.3. The molecule has 6 rings (SSSR count). The van der Waals surface area contributed by atoms with Crippen molar-refractivity contribution in [1.29, 1.82) is 0 Å². The highest BCUT2D eigenvalue weighted by Gasteiger charge is 2.35. The van der Waals surface area contributed by atoms with Crippen LogP contribution in [-0.2, 0) is 24.2 Å². The van der Waals surface area contributed by atoms with Crippen LogP contribution in [0, 0.1) is 10.1 Å². The summed E-state index contributed by atoms with van der Waals surface area (Å²) >= 11 is 6.82. The molecule has 0 amide bonds. The maximum Gasteiger partial charge on any atom is 0.269 e. The number of amidine groups is 2. The van der Waals surface area contributed by atoms with Crippen LogP contribution < -0.4 is 17.2 Å². The zero-order valence-electron chi connectivity index (χ0n) is 21.6. The van der Waals surface area contributed by atoms with E-state index in [1.54, 1.807) is 23.1 Å². The van der Waals surface area contributed by atoms with Crippen LogP contribution in [0.25, 0.3) is 0 Å². The molecule has 2 atom stereocenters. The molecule has 0 spiro atoms. The number of hydrogen-bond donors (Lipinski definition) is 3. The summed E-state index contributed by atoms with van der Waals surface area (Å²) in [5, 5.41) is 19.5. The highest BCUT2D eigenvalue weighted by atomic mass is 79.9. The first kappa shape index (κ1) is 27.5. The van der Waals surface area contributed by atoms with E-state index in [4.69, 9.17) is 17.2 Å². The maximum atomic E-state index is 10.9. The van der Waals surface area contributed by atoms with Gasteiger partial charge in [-0.25, -0.2) is 0 Å². The second-order valence-corrected chi connectivity index (χ2v) is 11.7. The minimum Gasteiger partial charge on any atom is -0.399 e. The predicted octanol–water partition coefficient (Wildman–Crippen LogP) is 4.05. The molecule has 4 heterocycles. The van der Waals surface area contributed by atoms with Crippen molar-refractivity contribution in [2.45, 2.75) is 38.0 Å². The number of hydrogen-bond acceptors (Lipinski definition) is 9. The molecule has 0 saturated heterocycles. The molecular weight excluding hydrogens is 644 g/mol. The molecule has 14 heteroatoms. The molecule has 2 aliphatic heterocycles. The second kappa shape index (κ2) is 10.2. The van der Waals surface area contributed by atoms with Gasteiger partial charge in [0.1, 0.15) is 34.1 Å². The van der Waals surface area contributed by atoms with E-state index in [0.29, 0.717) is 24.8 Å². The number of nitro benzene ring substituents is 1. The average molecular weight is 670 g/mol. The second-order valence-electron chi connectivity index (χ2n) is 9.97. The van der Waals surface area contributed by atoms with Gasteiger partial charge in [0.05, 0.1) is 39.4 Å². The lowest BCUT2D eigenvalue weighted by atomic mass is 9.91. The highest BCUT2D eigenvalue weighted by molar-refractivity contribution is 9.10. The number of aliphatic imine (C=N–C) groups is 2. The quantitative estimate of drug-likeness (QED) is 0.167. The van der Waals surface area contributed by atoms with E-state index in [1.807, 2.05) is 48.9 Å². The number of nitrogen functional groups attached to an aromatic ring is 1. The molecule has 40 heavy (non-hydrogen) atoms. The van der Waals surface area contributed by atoms with Crippen LogP contribution in [0.1, 0.15) is 36.4 Å². The van der Waals surface area contributed by atoms with Crippen molar-refractivity contribution in [3.05, 3.63) is 102 Å². The van der Waals surface area contributed by atoms with Gasteiger partial charge in [-0.3, -0.25) is 29.5 Å². The van der Waals surface area contributed by atoms with Gasteiger partial charge in [-0.2, -0.15) is 10.2 Å². The Labute approximate surface area is 246 Å². The Balaban J connectivity index is 0.000000162. The first-order valence-corrected chi connectivity index (χ1v) is 13.7. The van der Waals surface area contributed by atoms with Crippen LogP contribution in [0.15, 0.2) is 79.9 Å². The van der Waals surface area contributed by atoms with E-state index in [2.05, 4.69) is 52.0 Å². The molecule has 12 nitrogen and oxygen atoms in total. The predicted molar refractivity (Wildman–Crippen MR) is 160 cm³/mol. The number of halogens is 2. The van der Waals surface area contributed by atoms with E-state index < -0.39 is 16.0 Å². The number of nitrogens with two attached hydrogens (primary N) is 3. The lowest BCUT2D eigenvalue weighted by Gasteiger charge is -2.31. The molecule has 4 aromatic rings. The number of aromatic nitrogens is 4. The third-order valence-electron chi connectivity index (χ3n) is 6.91. The van der Waals surface area contributed by atoms with Crippen molar-refractivity contribution in [3.8, 4) is 0 Å². The molecule has 0 radical (unpaired) electrons. The Bertz CT molecular complexity index is 1690. The van der Waals surface area contributed by atoms with Crippen LogP contribution in [0.5, 0.6) is 0 Å². The summed E-state index contributed by atoms with van der Waals surface area (Å²) in [6.45, 7) is 5.03.